The predicted octanol–water partition coefficient (Wildman–Crippen LogP) is 5.06. The lowest BCUT2D eigenvalue weighted by Gasteiger charge is -1.99. The fourth-order valence-corrected chi connectivity index (χ4v) is 1.76. The van der Waals surface area contributed by atoms with Gasteiger partial charge in [0, 0.05) is 22.7 Å². The predicted molar refractivity (Wildman–Crippen MR) is 96.1 cm³/mol. The number of aliphatic hydroxyl groups excluding tert-OH is 1. The first kappa shape index (κ1) is 23.0. The molecule has 0 aliphatic rings. The Bertz CT molecular complexity index is 694. The van der Waals surface area contributed by atoms with Crippen LogP contribution in [0.15, 0.2) is 24.3 Å². The van der Waals surface area contributed by atoms with Gasteiger partial charge in [0.05, 0.1) is 10.6 Å². The summed E-state index contributed by atoms with van der Waals surface area (Å²) in [6.07, 6.45) is 0. The van der Waals surface area contributed by atoms with E-state index in [1.54, 1.807) is 20.8 Å². The Morgan fingerprint density at radius 2 is 1.48 bits per heavy atom. The van der Waals surface area contributed by atoms with Gasteiger partial charge in [-0.3, -0.25) is 10.1 Å². The van der Waals surface area contributed by atoms with Crippen molar-refractivity contribution in [2.75, 3.05) is 12.3 Å². The molecule has 2 aromatic carbocycles. The summed E-state index contributed by atoms with van der Waals surface area (Å²) in [6.45, 7) is 5.28. The first-order valence-corrected chi connectivity index (χ1v) is 7.72. The van der Waals surface area contributed by atoms with Gasteiger partial charge >= 0.3 is 5.69 Å². The molecule has 0 saturated heterocycles. The van der Waals surface area contributed by atoms with Crippen LogP contribution in [0.3, 0.4) is 0 Å². The Kier molecular flexibility index (Phi) is 9.96. The lowest BCUT2D eigenvalue weighted by Crippen LogP contribution is -1.93. The highest BCUT2D eigenvalue weighted by molar-refractivity contribution is 6.31. The van der Waals surface area contributed by atoms with Crippen molar-refractivity contribution in [3.63, 3.8) is 0 Å². The lowest BCUT2D eigenvalue weighted by atomic mass is 10.2. The molecule has 0 atom stereocenters. The summed E-state index contributed by atoms with van der Waals surface area (Å²) in [6, 6.07) is 4.77. The zero-order valence-corrected chi connectivity index (χ0v) is 15.3. The Morgan fingerprint density at radius 1 is 1.08 bits per heavy atom. The average molecular weight is 395 g/mol. The number of nitro benzene ring substituents is 1. The zero-order chi connectivity index (χ0) is 19.7. The molecule has 0 heterocycles. The summed E-state index contributed by atoms with van der Waals surface area (Å²) in [4.78, 5) is 9.43. The average Bonchev–Trinajstić information content (AvgIpc) is 2.50. The van der Waals surface area contributed by atoms with Crippen molar-refractivity contribution in [1.82, 2.24) is 0 Å². The van der Waals surface area contributed by atoms with Crippen molar-refractivity contribution in [1.29, 1.82) is 0 Å². The first-order chi connectivity index (χ1) is 11.5. The molecule has 5 nitrogen and oxygen atoms in total. The summed E-state index contributed by atoms with van der Waals surface area (Å²) in [5, 5.41) is 18.4. The molecule has 0 radical (unpaired) electrons. The van der Waals surface area contributed by atoms with Crippen LogP contribution in [-0.2, 0) is 0 Å². The van der Waals surface area contributed by atoms with Crippen molar-refractivity contribution in [3.05, 3.63) is 67.2 Å². The molecule has 0 unspecified atom stereocenters. The number of halogens is 4. The van der Waals surface area contributed by atoms with Crippen LogP contribution in [0, 0.1) is 35.6 Å². The van der Waals surface area contributed by atoms with E-state index in [-0.39, 0.29) is 17.3 Å². The first-order valence-electron chi connectivity index (χ1n) is 6.97. The number of nitro groups is 1. The largest absolute Gasteiger partial charge is 0.397 e. The second kappa shape index (κ2) is 10.8. The summed E-state index contributed by atoms with van der Waals surface area (Å²) < 4.78 is 25.3. The van der Waals surface area contributed by atoms with Crippen molar-refractivity contribution in [3.8, 4) is 0 Å². The molecule has 2 aromatic rings. The van der Waals surface area contributed by atoms with Crippen LogP contribution in [0.2, 0.25) is 10.0 Å². The van der Waals surface area contributed by atoms with Crippen LogP contribution in [0.25, 0.3) is 0 Å². The molecule has 0 aliphatic heterocycles. The lowest BCUT2D eigenvalue weighted by molar-refractivity contribution is -0.387. The Labute approximate surface area is 154 Å². The van der Waals surface area contributed by atoms with E-state index in [0.717, 1.165) is 17.7 Å². The monoisotopic (exact) mass is 394 g/mol. The van der Waals surface area contributed by atoms with Gasteiger partial charge < -0.3 is 10.8 Å². The summed E-state index contributed by atoms with van der Waals surface area (Å²) in [5.41, 5.74) is 6.13. The summed E-state index contributed by atoms with van der Waals surface area (Å²) in [5.74, 6) is -1.37. The topological polar surface area (TPSA) is 89.4 Å². The highest BCUT2D eigenvalue weighted by atomic mass is 35.5. The third kappa shape index (κ3) is 7.64. The molecule has 138 valence electrons. The standard InChI is InChI=1S/C7H5ClFNO2.C7H7ClFN.C2H6O/c1-4-2-7(10(11)12)6(9)3-5(4)8;1-4-2-7(10)6(9)3-5(4)8;1-2-3/h2-3H,1H3;2-3H,10H2,1H3;3H,2H2,1H3. The molecule has 25 heavy (non-hydrogen) atoms. The number of nitrogen functional groups attached to an aromatic ring is 1. The van der Waals surface area contributed by atoms with E-state index in [2.05, 4.69) is 0 Å². The van der Waals surface area contributed by atoms with Gasteiger partial charge in [-0.1, -0.05) is 23.2 Å². The van der Waals surface area contributed by atoms with Gasteiger partial charge in [-0.05, 0) is 50.1 Å². The van der Waals surface area contributed by atoms with Crippen molar-refractivity contribution in [2.24, 2.45) is 0 Å². The molecule has 0 aliphatic carbocycles. The van der Waals surface area contributed by atoms with E-state index < -0.39 is 22.2 Å². The summed E-state index contributed by atoms with van der Waals surface area (Å²) >= 11 is 11.1. The molecule has 3 N–H and O–H groups in total. The second-order valence-electron chi connectivity index (χ2n) is 4.75. The van der Waals surface area contributed by atoms with E-state index >= 15 is 0 Å². The van der Waals surface area contributed by atoms with Crippen LogP contribution in [0.4, 0.5) is 20.2 Å². The van der Waals surface area contributed by atoms with Crippen LogP contribution in [0.1, 0.15) is 18.1 Å². The highest BCUT2D eigenvalue weighted by Crippen LogP contribution is 2.24. The smallest absolute Gasteiger partial charge is 0.305 e. The zero-order valence-electron chi connectivity index (χ0n) is 13.8. The molecule has 0 spiro atoms. The number of benzene rings is 2. The van der Waals surface area contributed by atoms with Gasteiger partial charge in [-0.25, -0.2) is 4.39 Å². The third-order valence-electron chi connectivity index (χ3n) is 2.70. The van der Waals surface area contributed by atoms with Gasteiger partial charge in [0.25, 0.3) is 0 Å². The number of rotatable bonds is 1. The molecule has 0 fully saturated rings. The summed E-state index contributed by atoms with van der Waals surface area (Å²) in [7, 11) is 0. The van der Waals surface area contributed by atoms with Crippen molar-refractivity contribution >= 4 is 34.6 Å². The number of nitrogens with zero attached hydrogens (tertiary/aromatic N) is 1. The number of aryl methyl sites for hydroxylation is 2. The maximum Gasteiger partial charge on any atom is 0.305 e. The van der Waals surface area contributed by atoms with E-state index in [0.29, 0.717) is 10.6 Å². The van der Waals surface area contributed by atoms with E-state index in [1.807, 2.05) is 0 Å². The Morgan fingerprint density at radius 3 is 1.88 bits per heavy atom. The minimum absolute atomic E-state index is 0.141. The SMILES string of the molecule is CCO.Cc1cc(N)c(F)cc1Cl.Cc1cc([N+](=O)[O-])c(F)cc1Cl. The molecular weight excluding hydrogens is 377 g/mol. The van der Waals surface area contributed by atoms with E-state index in [1.165, 1.54) is 12.1 Å². The number of aliphatic hydroxyl groups is 1. The molecule has 0 saturated carbocycles. The van der Waals surface area contributed by atoms with Gasteiger partial charge in [0.1, 0.15) is 5.82 Å². The van der Waals surface area contributed by atoms with Crippen molar-refractivity contribution < 1.29 is 18.8 Å². The number of hydrogen-bond donors (Lipinski definition) is 2. The Hall–Kier alpha value is -1.96. The van der Waals surface area contributed by atoms with E-state index in [4.69, 9.17) is 34.0 Å². The molecule has 0 aromatic heterocycles. The van der Waals surface area contributed by atoms with E-state index in [9.17, 15) is 18.9 Å². The maximum absolute atomic E-state index is 12.8. The minimum Gasteiger partial charge on any atom is -0.397 e. The number of nitrogens with two attached hydrogens (primary N) is 1. The molecule has 0 amide bonds. The Balaban J connectivity index is 0.000000403. The molecule has 2 rings (SSSR count). The molecule has 0 bridgehead atoms. The van der Waals surface area contributed by atoms with Gasteiger partial charge in [0.2, 0.25) is 5.82 Å². The second-order valence-corrected chi connectivity index (χ2v) is 5.56. The fourth-order valence-electron chi connectivity index (χ4n) is 1.46. The quantitative estimate of drug-likeness (QED) is 0.401. The van der Waals surface area contributed by atoms with Gasteiger partial charge in [0.15, 0.2) is 0 Å². The highest BCUT2D eigenvalue weighted by Gasteiger charge is 2.15. The van der Waals surface area contributed by atoms with Gasteiger partial charge in [-0.2, -0.15) is 4.39 Å². The van der Waals surface area contributed by atoms with Crippen LogP contribution in [-0.4, -0.2) is 16.6 Å². The van der Waals surface area contributed by atoms with Crippen LogP contribution < -0.4 is 5.73 Å². The van der Waals surface area contributed by atoms with Crippen LogP contribution in [0.5, 0.6) is 0 Å². The number of anilines is 1. The fraction of sp³-hybridized carbons (Fsp3) is 0.250. The normalized spacial score (nSPS) is 9.44. The van der Waals surface area contributed by atoms with Crippen LogP contribution >= 0.6 is 23.2 Å². The third-order valence-corrected chi connectivity index (χ3v) is 3.52. The maximum atomic E-state index is 12.8. The molecule has 9 heteroatoms. The molecular formula is C16H18Cl2F2N2O3. The van der Waals surface area contributed by atoms with Gasteiger partial charge in [-0.15, -0.1) is 0 Å². The number of hydrogen-bond acceptors (Lipinski definition) is 4. The minimum atomic E-state index is -0.907. The van der Waals surface area contributed by atoms with Crippen molar-refractivity contribution in [2.45, 2.75) is 20.8 Å².